The number of hydrogen-bond donors (Lipinski definition) is 3. The van der Waals surface area contributed by atoms with Crippen LogP contribution in [0.1, 0.15) is 136 Å². The first kappa shape index (κ1) is 54.6. The van der Waals surface area contributed by atoms with Gasteiger partial charge in [-0.2, -0.15) is 0 Å². The van der Waals surface area contributed by atoms with Crippen molar-refractivity contribution in [3.63, 3.8) is 0 Å². The Labute approximate surface area is 351 Å². The highest BCUT2D eigenvalue weighted by Crippen LogP contribution is 2.43. The number of phosphoric ester groups is 1. The van der Waals surface area contributed by atoms with E-state index in [4.69, 9.17) is 24.3 Å². The molecule has 11 heteroatoms. The van der Waals surface area contributed by atoms with Gasteiger partial charge in [0.15, 0.2) is 6.10 Å². The van der Waals surface area contributed by atoms with Gasteiger partial charge in [-0.15, -0.1) is 0 Å². The average molecular weight is 830 g/mol. The van der Waals surface area contributed by atoms with E-state index in [0.29, 0.717) is 25.7 Å². The summed E-state index contributed by atoms with van der Waals surface area (Å²) in [5.41, 5.74) is 5.34. The van der Waals surface area contributed by atoms with Gasteiger partial charge in [0, 0.05) is 19.4 Å². The normalized spacial score (nSPS) is 14.9. The summed E-state index contributed by atoms with van der Waals surface area (Å²) in [5.74, 6) is -0.965. The predicted octanol–water partition coefficient (Wildman–Crippen LogP) is 11.4. The Morgan fingerprint density at radius 2 is 1.10 bits per heavy atom. The number of aliphatic hydroxyl groups is 1. The fraction of sp³-hybridized carbons (Fsp3) is 0.574. The van der Waals surface area contributed by atoms with Gasteiger partial charge in [0.05, 0.1) is 19.3 Å². The van der Waals surface area contributed by atoms with E-state index >= 15 is 0 Å². The number of unbranched alkanes of at least 4 members (excludes halogenated alkanes) is 7. The lowest BCUT2D eigenvalue weighted by Crippen LogP contribution is -2.29. The largest absolute Gasteiger partial charge is 0.472 e. The van der Waals surface area contributed by atoms with Crippen LogP contribution in [0.4, 0.5) is 0 Å². The third-order valence-electron chi connectivity index (χ3n) is 8.30. The molecule has 0 saturated carbocycles. The molecular weight excluding hydrogens is 753 g/mol. The van der Waals surface area contributed by atoms with Crippen LogP contribution in [0.25, 0.3) is 0 Å². The van der Waals surface area contributed by atoms with Gasteiger partial charge in [-0.05, 0) is 89.9 Å². The van der Waals surface area contributed by atoms with Crippen molar-refractivity contribution in [1.29, 1.82) is 0 Å². The van der Waals surface area contributed by atoms with Crippen LogP contribution in [0.2, 0.25) is 0 Å². The number of rotatable bonds is 38. The molecule has 0 aliphatic rings. The lowest BCUT2D eigenvalue weighted by atomic mass is 10.1. The summed E-state index contributed by atoms with van der Waals surface area (Å²) < 4.78 is 32.6. The topological polar surface area (TPSA) is 155 Å². The number of nitrogens with two attached hydrogens (primary N) is 1. The van der Waals surface area contributed by atoms with Gasteiger partial charge < -0.3 is 25.2 Å². The van der Waals surface area contributed by atoms with Gasteiger partial charge in [0.1, 0.15) is 6.61 Å². The monoisotopic (exact) mass is 830 g/mol. The molecule has 328 valence electrons. The zero-order valence-electron chi connectivity index (χ0n) is 35.6. The number of phosphoric acid groups is 1. The van der Waals surface area contributed by atoms with Gasteiger partial charge >= 0.3 is 19.8 Å². The Hall–Kier alpha value is -3.37. The number of esters is 2. The maximum Gasteiger partial charge on any atom is 0.472 e. The minimum Gasteiger partial charge on any atom is -0.462 e. The zero-order chi connectivity index (χ0) is 42.6. The van der Waals surface area contributed by atoms with E-state index in [1.807, 2.05) is 37.3 Å². The summed E-state index contributed by atoms with van der Waals surface area (Å²) in [6.45, 7) is 3.22. The molecule has 0 spiro atoms. The summed E-state index contributed by atoms with van der Waals surface area (Å²) in [6, 6.07) is 0. The number of hydrogen-bond acceptors (Lipinski definition) is 9. The van der Waals surface area contributed by atoms with Gasteiger partial charge in [0.25, 0.3) is 0 Å². The molecule has 1 unspecified atom stereocenters. The van der Waals surface area contributed by atoms with Gasteiger partial charge in [-0.1, -0.05) is 142 Å². The molecule has 0 heterocycles. The molecule has 0 aliphatic carbocycles. The fourth-order valence-electron chi connectivity index (χ4n) is 4.96. The van der Waals surface area contributed by atoms with Crippen molar-refractivity contribution in [2.45, 2.75) is 148 Å². The van der Waals surface area contributed by atoms with E-state index in [2.05, 4.69) is 79.8 Å². The van der Waals surface area contributed by atoms with E-state index in [1.165, 1.54) is 25.7 Å². The molecule has 0 bridgehead atoms. The smallest absolute Gasteiger partial charge is 0.462 e. The molecule has 4 N–H and O–H groups in total. The number of carbonyl (C=O) groups is 2. The van der Waals surface area contributed by atoms with E-state index in [9.17, 15) is 24.2 Å². The zero-order valence-corrected chi connectivity index (χ0v) is 36.5. The molecule has 0 aromatic heterocycles. The van der Waals surface area contributed by atoms with Crippen molar-refractivity contribution < 1.29 is 42.7 Å². The van der Waals surface area contributed by atoms with Crippen molar-refractivity contribution in [1.82, 2.24) is 0 Å². The van der Waals surface area contributed by atoms with E-state index in [-0.39, 0.29) is 38.7 Å². The molecular formula is C47H76NO9P. The van der Waals surface area contributed by atoms with Gasteiger partial charge in [-0.3, -0.25) is 18.6 Å². The highest BCUT2D eigenvalue weighted by molar-refractivity contribution is 7.47. The van der Waals surface area contributed by atoms with Crippen molar-refractivity contribution in [2.75, 3.05) is 26.4 Å². The molecule has 3 atom stereocenters. The number of aliphatic hydroxyl groups excluding tert-OH is 1. The summed E-state index contributed by atoms with van der Waals surface area (Å²) in [5, 5.41) is 9.47. The predicted molar refractivity (Wildman–Crippen MR) is 239 cm³/mol. The molecule has 0 saturated heterocycles. The third-order valence-corrected chi connectivity index (χ3v) is 9.28. The molecule has 0 rings (SSSR count). The van der Waals surface area contributed by atoms with E-state index in [1.54, 1.807) is 6.08 Å². The van der Waals surface area contributed by atoms with Crippen molar-refractivity contribution in [3.8, 4) is 0 Å². The van der Waals surface area contributed by atoms with Crippen LogP contribution in [-0.2, 0) is 32.7 Å². The minimum absolute atomic E-state index is 0.0271. The Balaban J connectivity index is 4.37. The second kappa shape index (κ2) is 41.8. The summed E-state index contributed by atoms with van der Waals surface area (Å²) >= 11 is 0. The molecule has 0 amide bonds. The highest BCUT2D eigenvalue weighted by Gasteiger charge is 2.25. The van der Waals surface area contributed by atoms with Crippen LogP contribution in [0, 0.1) is 0 Å². The minimum atomic E-state index is -4.42. The van der Waals surface area contributed by atoms with E-state index < -0.39 is 32.5 Å². The molecule has 0 radical (unpaired) electrons. The standard InChI is InChI=1S/C47H76NO9P/c1-3-5-6-7-8-9-10-11-12-13-14-15-16-20-23-26-29-32-35-38-46(50)54-42-45(43-56-58(52,53)55-41-40-48)57-47(51)39-36-33-30-27-24-21-18-17-19-22-25-28-31-34-37-44(49)4-2/h8-9,11-12,14-15,18-23,27-28,30-31,34,37,44-45,49H,3-7,10,13,16-17,24-26,29,32-33,35-36,38-43,48H2,1-2H3,(H,52,53)/b9-8-,12-11-,15-14-,21-18-,22-19-,23-20-,30-27-,31-28-,37-34+/t44-,45-/m1/s1. The molecule has 10 nitrogen and oxygen atoms in total. The second-order valence-corrected chi connectivity index (χ2v) is 15.1. The lowest BCUT2D eigenvalue weighted by molar-refractivity contribution is -0.161. The Morgan fingerprint density at radius 1 is 0.603 bits per heavy atom. The maximum atomic E-state index is 12.6. The highest BCUT2D eigenvalue weighted by atomic mass is 31.2. The van der Waals surface area contributed by atoms with Crippen molar-refractivity contribution in [3.05, 3.63) is 109 Å². The number of allylic oxidation sites excluding steroid dienone is 17. The Kier molecular flexibility index (Phi) is 39.4. The maximum absolute atomic E-state index is 12.6. The van der Waals surface area contributed by atoms with Crippen molar-refractivity contribution in [2.24, 2.45) is 5.73 Å². The van der Waals surface area contributed by atoms with Crippen LogP contribution in [0.5, 0.6) is 0 Å². The van der Waals surface area contributed by atoms with E-state index in [0.717, 1.165) is 57.8 Å². The number of carbonyl (C=O) groups excluding carboxylic acids is 2. The van der Waals surface area contributed by atoms with Crippen LogP contribution in [-0.4, -0.2) is 60.5 Å². The first-order valence-electron chi connectivity index (χ1n) is 21.5. The van der Waals surface area contributed by atoms with Crippen LogP contribution >= 0.6 is 7.82 Å². The molecule has 58 heavy (non-hydrogen) atoms. The second-order valence-electron chi connectivity index (χ2n) is 13.7. The third kappa shape index (κ3) is 40.8. The SMILES string of the molecule is CCCCC/C=C\C/C=C\C/C=C\C/C=C\CCCCCC(=O)OC[C@H](COP(=O)(O)OCCN)OC(=O)CCC/C=C\C/C=C\C/C=C\C/C=C\C=C\[C@H](O)CC. The summed E-state index contributed by atoms with van der Waals surface area (Å²) in [7, 11) is -4.42. The van der Waals surface area contributed by atoms with Crippen LogP contribution < -0.4 is 5.73 Å². The average Bonchev–Trinajstić information content (AvgIpc) is 3.21. The molecule has 0 aromatic rings. The van der Waals surface area contributed by atoms with Gasteiger partial charge in [-0.25, -0.2) is 4.57 Å². The molecule has 0 fully saturated rings. The Morgan fingerprint density at radius 3 is 1.64 bits per heavy atom. The summed E-state index contributed by atoms with van der Waals surface area (Å²) in [6.07, 6.45) is 52.2. The molecule has 0 aromatic carbocycles. The van der Waals surface area contributed by atoms with Crippen LogP contribution in [0.3, 0.4) is 0 Å². The Bertz CT molecular complexity index is 1330. The van der Waals surface area contributed by atoms with Gasteiger partial charge in [0.2, 0.25) is 0 Å². The number of ether oxygens (including phenoxy) is 2. The summed E-state index contributed by atoms with van der Waals surface area (Å²) in [4.78, 5) is 34.8. The first-order valence-corrected chi connectivity index (χ1v) is 23.0. The first-order chi connectivity index (χ1) is 28.2. The fourth-order valence-corrected chi connectivity index (χ4v) is 5.72. The quantitative estimate of drug-likeness (QED) is 0.0180. The molecule has 0 aliphatic heterocycles. The lowest BCUT2D eigenvalue weighted by Gasteiger charge is -2.19. The van der Waals surface area contributed by atoms with Crippen molar-refractivity contribution >= 4 is 19.8 Å². The van der Waals surface area contributed by atoms with Crippen LogP contribution in [0.15, 0.2) is 109 Å².